The van der Waals surface area contributed by atoms with Gasteiger partial charge in [-0.25, -0.2) is 0 Å². The van der Waals surface area contributed by atoms with Gasteiger partial charge in [-0.05, 0) is 19.8 Å². The van der Waals surface area contributed by atoms with Crippen LogP contribution < -0.4 is 5.32 Å². The third-order valence-electron chi connectivity index (χ3n) is 4.25. The predicted molar refractivity (Wildman–Crippen MR) is 110 cm³/mol. The third kappa shape index (κ3) is 6.40. The second-order valence-corrected chi connectivity index (χ2v) is 6.44. The molecule has 0 unspecified atom stereocenters. The highest BCUT2D eigenvalue weighted by molar-refractivity contribution is 14.0. The van der Waals surface area contributed by atoms with Crippen molar-refractivity contribution in [1.82, 2.24) is 20.4 Å². The summed E-state index contributed by atoms with van der Waals surface area (Å²) >= 11 is 0. The normalized spacial score (nSPS) is 15.7. The molecular weight excluding hydrogens is 449 g/mol. The predicted octanol–water partition coefficient (Wildman–Crippen LogP) is 2.20. The Bertz CT molecular complexity index is 583. The van der Waals surface area contributed by atoms with Crippen molar-refractivity contribution >= 4 is 35.9 Å². The van der Waals surface area contributed by atoms with Gasteiger partial charge in [0.05, 0.1) is 12.5 Å². The number of nitrogens with zero attached hydrogens (tertiary/aromatic N) is 4. The molecule has 1 fully saturated rings. The number of piperidine rings is 1. The van der Waals surface area contributed by atoms with Crippen molar-refractivity contribution in [2.45, 2.75) is 46.0 Å². The van der Waals surface area contributed by atoms with Crippen molar-refractivity contribution in [2.24, 2.45) is 10.9 Å². The van der Waals surface area contributed by atoms with Crippen LogP contribution in [-0.2, 0) is 16.0 Å². The number of hydrogen-bond donors (Lipinski definition) is 1. The van der Waals surface area contributed by atoms with E-state index in [0.717, 1.165) is 37.7 Å². The maximum Gasteiger partial charge on any atom is 0.309 e. The summed E-state index contributed by atoms with van der Waals surface area (Å²) in [4.78, 5) is 22.7. The van der Waals surface area contributed by atoms with Crippen molar-refractivity contribution in [3.63, 3.8) is 0 Å². The average Bonchev–Trinajstić information content (AvgIpc) is 3.08. The van der Waals surface area contributed by atoms with Crippen LogP contribution in [0.3, 0.4) is 0 Å². The van der Waals surface area contributed by atoms with Crippen molar-refractivity contribution in [3.8, 4) is 0 Å². The molecule has 0 bridgehead atoms. The van der Waals surface area contributed by atoms with E-state index in [1.165, 1.54) is 0 Å². The number of ether oxygens (including phenoxy) is 1. The number of carbonyl (C=O) groups is 1. The zero-order valence-electron chi connectivity index (χ0n) is 16.0. The Labute approximate surface area is 172 Å². The van der Waals surface area contributed by atoms with Crippen LogP contribution in [0.25, 0.3) is 0 Å². The molecule has 0 spiro atoms. The van der Waals surface area contributed by atoms with Crippen molar-refractivity contribution in [2.75, 3.05) is 33.3 Å². The number of hydrogen-bond acceptors (Lipinski definition) is 6. The summed E-state index contributed by atoms with van der Waals surface area (Å²) in [5.74, 6) is 2.39. The van der Waals surface area contributed by atoms with Gasteiger partial charge in [0.2, 0.25) is 5.89 Å². The summed E-state index contributed by atoms with van der Waals surface area (Å²) in [5, 5.41) is 7.29. The highest BCUT2D eigenvalue weighted by atomic mass is 127. The minimum atomic E-state index is -0.0811. The van der Waals surface area contributed by atoms with Gasteiger partial charge in [0, 0.05) is 39.0 Å². The van der Waals surface area contributed by atoms with E-state index in [1.807, 2.05) is 20.8 Å². The first-order chi connectivity index (χ1) is 12.0. The van der Waals surface area contributed by atoms with Crippen LogP contribution in [0.2, 0.25) is 0 Å². The van der Waals surface area contributed by atoms with Crippen LogP contribution in [0.1, 0.15) is 51.2 Å². The van der Waals surface area contributed by atoms with Gasteiger partial charge in [-0.3, -0.25) is 9.79 Å². The SMILES string of the molecule is CCOC(=O)C1CCN(C(=NC)NCCc2nc(C(C)C)no2)CC1.I. The van der Waals surface area contributed by atoms with Crippen LogP contribution in [0.15, 0.2) is 9.52 Å². The minimum absolute atomic E-state index is 0. The summed E-state index contributed by atoms with van der Waals surface area (Å²) in [7, 11) is 1.77. The molecule has 0 atom stereocenters. The Morgan fingerprint density at radius 3 is 2.65 bits per heavy atom. The largest absolute Gasteiger partial charge is 0.466 e. The summed E-state index contributed by atoms with van der Waals surface area (Å²) in [6, 6.07) is 0. The molecule has 26 heavy (non-hydrogen) atoms. The standard InChI is InChI=1S/C17H29N5O3.HI/c1-5-24-16(23)13-7-10-22(11-8-13)17(18-4)19-9-6-14-20-15(12(2)3)21-25-14;/h12-13H,5-11H2,1-4H3,(H,18,19);1H. The number of rotatable bonds is 6. The molecule has 148 valence electrons. The van der Waals surface area contributed by atoms with E-state index in [-0.39, 0.29) is 41.8 Å². The number of likely N-dealkylation sites (tertiary alicyclic amines) is 1. The lowest BCUT2D eigenvalue weighted by atomic mass is 9.97. The fraction of sp³-hybridized carbons (Fsp3) is 0.765. The molecular formula is C17H30IN5O3. The molecule has 0 amide bonds. The first-order valence-corrected chi connectivity index (χ1v) is 8.99. The van der Waals surface area contributed by atoms with Crippen molar-refractivity contribution < 1.29 is 14.1 Å². The molecule has 1 aromatic heterocycles. The molecule has 2 rings (SSSR count). The van der Waals surface area contributed by atoms with Crippen LogP contribution in [0, 0.1) is 5.92 Å². The first-order valence-electron chi connectivity index (χ1n) is 8.99. The van der Waals surface area contributed by atoms with Gasteiger partial charge in [0.25, 0.3) is 0 Å². The molecule has 0 radical (unpaired) electrons. The fourth-order valence-corrected chi connectivity index (χ4v) is 2.80. The highest BCUT2D eigenvalue weighted by Gasteiger charge is 2.27. The smallest absolute Gasteiger partial charge is 0.309 e. The van der Waals surface area contributed by atoms with Gasteiger partial charge in [0.15, 0.2) is 11.8 Å². The second kappa shape index (κ2) is 11.3. The van der Waals surface area contributed by atoms with E-state index < -0.39 is 0 Å². The third-order valence-corrected chi connectivity index (χ3v) is 4.25. The molecule has 1 aliphatic heterocycles. The first kappa shape index (κ1) is 22.7. The second-order valence-electron chi connectivity index (χ2n) is 6.44. The van der Waals surface area contributed by atoms with Gasteiger partial charge in [-0.1, -0.05) is 19.0 Å². The maximum absolute atomic E-state index is 11.8. The van der Waals surface area contributed by atoms with Crippen LogP contribution in [0.5, 0.6) is 0 Å². The topological polar surface area (TPSA) is 92.8 Å². The molecule has 1 aliphatic rings. The van der Waals surface area contributed by atoms with E-state index in [9.17, 15) is 4.79 Å². The highest BCUT2D eigenvalue weighted by Crippen LogP contribution is 2.18. The molecule has 0 aromatic carbocycles. The van der Waals surface area contributed by atoms with Gasteiger partial charge in [-0.2, -0.15) is 4.98 Å². The Balaban J connectivity index is 0.00000338. The number of carbonyl (C=O) groups excluding carboxylic acids is 1. The number of halogens is 1. The summed E-state index contributed by atoms with van der Waals surface area (Å²) in [6.07, 6.45) is 2.24. The van der Waals surface area contributed by atoms with Crippen molar-refractivity contribution in [1.29, 1.82) is 0 Å². The van der Waals surface area contributed by atoms with E-state index in [1.54, 1.807) is 7.05 Å². The lowest BCUT2D eigenvalue weighted by molar-refractivity contribution is -0.149. The molecule has 0 saturated carbocycles. The number of aromatic nitrogens is 2. The van der Waals surface area contributed by atoms with Gasteiger partial charge in [-0.15, -0.1) is 24.0 Å². The lowest BCUT2D eigenvalue weighted by Gasteiger charge is -2.33. The zero-order valence-corrected chi connectivity index (χ0v) is 18.4. The van der Waals surface area contributed by atoms with Crippen LogP contribution in [0.4, 0.5) is 0 Å². The Morgan fingerprint density at radius 1 is 1.42 bits per heavy atom. The molecule has 1 aromatic rings. The summed E-state index contributed by atoms with van der Waals surface area (Å²) in [5.41, 5.74) is 0. The monoisotopic (exact) mass is 479 g/mol. The summed E-state index contributed by atoms with van der Waals surface area (Å²) < 4.78 is 10.4. The number of guanidine groups is 1. The molecule has 0 aliphatic carbocycles. The minimum Gasteiger partial charge on any atom is -0.466 e. The molecule has 9 heteroatoms. The van der Waals surface area contributed by atoms with Crippen LogP contribution >= 0.6 is 24.0 Å². The number of nitrogens with one attached hydrogen (secondary N) is 1. The number of aliphatic imine (C=N–C) groups is 1. The summed E-state index contributed by atoms with van der Waals surface area (Å²) in [6.45, 7) is 8.61. The van der Waals surface area contributed by atoms with E-state index >= 15 is 0 Å². The van der Waals surface area contributed by atoms with Gasteiger partial charge in [0.1, 0.15) is 0 Å². The van der Waals surface area contributed by atoms with Crippen LogP contribution in [-0.4, -0.2) is 60.3 Å². The quantitative estimate of drug-likeness (QED) is 0.290. The van der Waals surface area contributed by atoms with Gasteiger partial charge < -0.3 is 19.5 Å². The van der Waals surface area contributed by atoms with E-state index in [4.69, 9.17) is 9.26 Å². The lowest BCUT2D eigenvalue weighted by Crippen LogP contribution is -2.47. The molecule has 2 heterocycles. The van der Waals surface area contributed by atoms with E-state index in [2.05, 4.69) is 25.3 Å². The molecule has 1 saturated heterocycles. The van der Waals surface area contributed by atoms with E-state index in [0.29, 0.717) is 25.5 Å². The van der Waals surface area contributed by atoms with Gasteiger partial charge >= 0.3 is 5.97 Å². The average molecular weight is 479 g/mol. The Hall–Kier alpha value is -1.39. The van der Waals surface area contributed by atoms with Crippen molar-refractivity contribution in [3.05, 3.63) is 11.7 Å². The Morgan fingerprint density at radius 2 is 2.12 bits per heavy atom. The fourth-order valence-electron chi connectivity index (χ4n) is 2.80. The Kier molecular flexibility index (Phi) is 9.89. The zero-order chi connectivity index (χ0) is 18.2. The number of esters is 1. The maximum atomic E-state index is 11.8. The molecule has 1 N–H and O–H groups in total. The molecule has 8 nitrogen and oxygen atoms in total.